The zero-order valence-electron chi connectivity index (χ0n) is 65.5. The number of ketones is 1. The number of fused-ring (bicyclic) bond motifs is 5. The van der Waals surface area contributed by atoms with E-state index < -0.39 is 211 Å². The number of aliphatic hydroxyl groups is 5. The average molecular weight is 1610 g/mol. The van der Waals surface area contributed by atoms with E-state index in [1.165, 1.54) is 99.7 Å². The second kappa shape index (κ2) is 36.9. The molecule has 35 heteroatoms. The number of amides is 3. The van der Waals surface area contributed by atoms with Gasteiger partial charge in [0.1, 0.15) is 84.8 Å². The molecule has 5 fully saturated rings. The molecule has 35 nitrogen and oxygen atoms in total. The van der Waals surface area contributed by atoms with Crippen LogP contribution in [0.5, 0.6) is 0 Å². The van der Waals surface area contributed by atoms with E-state index in [0.29, 0.717) is 11.4 Å². The lowest BCUT2D eigenvalue weighted by atomic mass is 9.44. The van der Waals surface area contributed by atoms with Crippen LogP contribution in [0.1, 0.15) is 138 Å². The van der Waals surface area contributed by atoms with Gasteiger partial charge in [0, 0.05) is 76.8 Å². The van der Waals surface area contributed by atoms with Gasteiger partial charge in [0.15, 0.2) is 30.1 Å². The Hall–Kier alpha value is -10.3. The van der Waals surface area contributed by atoms with E-state index >= 15 is 14.4 Å². The summed E-state index contributed by atoms with van der Waals surface area (Å²) in [4.78, 5) is 144. The number of carbonyl (C=O) groups excluding carboxylic acids is 10. The Morgan fingerprint density at radius 2 is 1.18 bits per heavy atom. The normalized spacial score (nSPS) is 30.3. The highest BCUT2D eigenvalue weighted by Crippen LogP contribution is 2.65. The molecule has 11 rings (SSSR count). The van der Waals surface area contributed by atoms with E-state index in [1.807, 2.05) is 0 Å². The molecule has 5 heterocycles. The fraction of sp³-hybridized carbons (Fsp3) is 0.531. The summed E-state index contributed by atoms with van der Waals surface area (Å²) in [6.45, 7) is 16.9. The number of nitrogens with one attached hydrogen (secondary N) is 3. The van der Waals surface area contributed by atoms with Gasteiger partial charge in [-0.1, -0.05) is 103 Å². The van der Waals surface area contributed by atoms with Crippen molar-refractivity contribution in [1.82, 2.24) is 45.9 Å². The van der Waals surface area contributed by atoms with Gasteiger partial charge in [-0.25, -0.2) is 19.0 Å². The van der Waals surface area contributed by atoms with Crippen molar-refractivity contribution < 1.29 is 126 Å². The molecule has 21 atom stereocenters. The predicted octanol–water partition coefficient (Wildman–Crippen LogP) is 2.37. The highest BCUT2D eigenvalue weighted by atomic mass is 16.7. The molecule has 3 aliphatic heterocycles. The standard InChI is InChI=1S/C81H99N9O26/c1-11-34-106-76-62(82-44(4)91)66(99)64(97)54(111-76)40-89-38-51(85-87-89)30-22-32-58(95)113-56-36-57-80(42-108-57,116-47(7)94)70-72(115-74(103)50-28-20-15-21-29-50)81(105)37-53(43(3)60(78(81,8)9)68(109-46(6)93)71(101)79(56,70)10)110-75(104)69(61(48-24-16-13-17-25-48)84-73(102)49-26-18-14-19-27-49)114-59(96)33-23-31-52-39-90(88-86-52)41-55-65(98)67(100)63(83-45(5)92)77(112-55)107-35-12-2/h11-21,24-29,38-39,53-57,61-70,72,76-77,97-100,105H,1-2,22-23,30-37,40-42H2,3-10H3,(H,82,91)(H,83,92)(H,84,102)/t53-,54+,55+,56-,57+,61-,62+,63+,64-,65-,66+,67+,68+,69+,70-,72-,76+,77+,79+,80-,81+/m0/s1. The number of nitrogens with zero attached hydrogens (tertiary/aromatic N) is 6. The summed E-state index contributed by atoms with van der Waals surface area (Å²) in [6, 6.07) is 19.8. The highest BCUT2D eigenvalue weighted by molar-refractivity contribution is 5.97. The van der Waals surface area contributed by atoms with Gasteiger partial charge >= 0.3 is 35.8 Å². The minimum atomic E-state index is -2.67. The van der Waals surface area contributed by atoms with Crippen molar-refractivity contribution in [3.8, 4) is 0 Å². The van der Waals surface area contributed by atoms with Crippen LogP contribution >= 0.6 is 0 Å². The Morgan fingerprint density at radius 3 is 1.67 bits per heavy atom. The number of aromatic nitrogens is 6. The number of Topliss-reactive ketones (excluding diaryl/α,β-unsaturated/α-hetero) is 1. The number of hydrogen-bond donors (Lipinski definition) is 8. The summed E-state index contributed by atoms with van der Waals surface area (Å²) in [5, 5.41) is 83.8. The van der Waals surface area contributed by atoms with Crippen LogP contribution in [0, 0.1) is 16.7 Å². The number of esters is 6. The predicted molar refractivity (Wildman–Crippen MR) is 400 cm³/mol. The molecule has 2 bridgehead atoms. The van der Waals surface area contributed by atoms with Crippen LogP contribution in [-0.2, 0) is 116 Å². The van der Waals surface area contributed by atoms with Crippen molar-refractivity contribution in [2.24, 2.45) is 16.7 Å². The van der Waals surface area contributed by atoms with Crippen LogP contribution < -0.4 is 16.0 Å². The summed E-state index contributed by atoms with van der Waals surface area (Å²) < 4.78 is 70.8. The number of benzene rings is 3. The Balaban J connectivity index is 0.909. The van der Waals surface area contributed by atoms with Crippen LogP contribution in [0.3, 0.4) is 0 Å². The zero-order chi connectivity index (χ0) is 83.7. The fourth-order valence-electron chi connectivity index (χ4n) is 16.7. The van der Waals surface area contributed by atoms with E-state index in [-0.39, 0.29) is 92.7 Å². The summed E-state index contributed by atoms with van der Waals surface area (Å²) in [5.74, 6) is -10.7. The second-order valence-corrected chi connectivity index (χ2v) is 30.6. The monoisotopic (exact) mass is 1610 g/mol. The Kier molecular flexibility index (Phi) is 27.5. The maximum absolute atomic E-state index is 16.9. The molecule has 3 saturated heterocycles. The first-order valence-corrected chi connectivity index (χ1v) is 38.3. The lowest BCUT2D eigenvalue weighted by Gasteiger charge is -2.67. The quantitative estimate of drug-likeness (QED) is 0.0174. The molecular formula is C81H99N9O26. The molecule has 0 radical (unpaired) electrons. The Bertz CT molecular complexity index is 4450. The summed E-state index contributed by atoms with van der Waals surface area (Å²) >= 11 is 0. The van der Waals surface area contributed by atoms with Crippen molar-refractivity contribution in [2.75, 3.05) is 19.8 Å². The van der Waals surface area contributed by atoms with E-state index in [1.54, 1.807) is 66.7 Å². The van der Waals surface area contributed by atoms with Crippen molar-refractivity contribution in [3.63, 3.8) is 0 Å². The van der Waals surface area contributed by atoms with Gasteiger partial charge in [0.25, 0.3) is 5.91 Å². The topological polar surface area (TPSA) is 471 Å². The highest BCUT2D eigenvalue weighted by Gasteiger charge is 2.79. The van der Waals surface area contributed by atoms with E-state index in [4.69, 9.17) is 52.1 Å². The minimum absolute atomic E-state index is 0.0112. The van der Waals surface area contributed by atoms with Crippen LogP contribution in [0.15, 0.2) is 140 Å². The van der Waals surface area contributed by atoms with Gasteiger partial charge < -0.3 is 93.6 Å². The molecule has 2 aromatic heterocycles. The molecule has 5 aromatic rings. The molecule has 116 heavy (non-hydrogen) atoms. The first-order valence-electron chi connectivity index (χ1n) is 38.3. The molecule has 6 aliphatic rings. The SMILES string of the molecule is C=CCO[C@@H]1O[C@H](Cn2cc(CCCC(=O)O[C@H]3C[C@H]4OC[C@@]4(OC(C)=O)[C@H]4[C@H](OC(=O)c5ccccc5)[C@]5(O)C[C@H](OC(=O)[C@H](OC(=O)CCCc6cn(C[C@H]7O[C@@H](OCC=C)[C@H](NC(C)=O)[C@@H](O)[C@H]7O)nn6)[C@@H](NC(=O)c6ccccc6)c6ccccc6)C(C)=C([C@@H](OC(C)=O)C(=O)[C@]34C)C5(C)C)nn2)[C@H](O)[C@H](O)[C@H]1NC(C)=O. The first-order chi connectivity index (χ1) is 55.2. The molecule has 3 aliphatic carbocycles. The third-order valence-corrected chi connectivity index (χ3v) is 22.4. The smallest absolute Gasteiger partial charge is 0.350 e. The van der Waals surface area contributed by atoms with Gasteiger partial charge in [0.2, 0.25) is 17.9 Å². The Morgan fingerprint density at radius 1 is 0.664 bits per heavy atom. The number of rotatable bonds is 32. The minimum Gasteiger partial charge on any atom is -0.461 e. The fourth-order valence-corrected chi connectivity index (χ4v) is 16.7. The van der Waals surface area contributed by atoms with Crippen molar-refractivity contribution >= 4 is 59.3 Å². The maximum atomic E-state index is 16.9. The van der Waals surface area contributed by atoms with Crippen molar-refractivity contribution in [3.05, 3.63) is 168 Å². The summed E-state index contributed by atoms with van der Waals surface area (Å²) in [5.41, 5.74) is -8.04. The number of hydrogen-bond acceptors (Lipinski definition) is 30. The molecule has 3 amide bonds. The van der Waals surface area contributed by atoms with Gasteiger partial charge in [-0.05, 0) is 80.5 Å². The zero-order valence-corrected chi connectivity index (χ0v) is 65.5. The Labute approximate surface area is 667 Å². The first kappa shape index (κ1) is 86.5. The van der Waals surface area contributed by atoms with E-state index in [2.05, 4.69) is 49.7 Å². The van der Waals surface area contributed by atoms with Gasteiger partial charge in [0.05, 0.1) is 61.2 Å². The average Bonchev–Trinajstić information content (AvgIpc) is 0.717. The van der Waals surface area contributed by atoms with Crippen molar-refractivity contribution in [1.29, 1.82) is 0 Å². The number of carbonyl (C=O) groups is 10. The number of aliphatic hydroxyl groups excluding tert-OH is 4. The maximum Gasteiger partial charge on any atom is 0.350 e. The largest absolute Gasteiger partial charge is 0.461 e. The molecule has 3 aromatic carbocycles. The van der Waals surface area contributed by atoms with Crippen LogP contribution in [0.2, 0.25) is 0 Å². The van der Waals surface area contributed by atoms with E-state index in [0.717, 1.165) is 13.8 Å². The van der Waals surface area contributed by atoms with Crippen molar-refractivity contribution in [2.45, 2.75) is 235 Å². The lowest BCUT2D eigenvalue weighted by Crippen LogP contribution is -2.82. The van der Waals surface area contributed by atoms with Crippen LogP contribution in [0.4, 0.5) is 0 Å². The molecule has 0 spiro atoms. The third-order valence-electron chi connectivity index (χ3n) is 22.4. The van der Waals surface area contributed by atoms with Crippen LogP contribution in [0.25, 0.3) is 0 Å². The molecule has 624 valence electrons. The third kappa shape index (κ3) is 18.6. The summed E-state index contributed by atoms with van der Waals surface area (Å²) in [6.07, 6.45) is -17.2. The van der Waals surface area contributed by atoms with E-state index in [9.17, 15) is 59.1 Å². The number of ether oxygens (including phenoxy) is 11. The number of aryl methyl sites for hydroxylation is 2. The molecule has 2 saturated carbocycles. The second-order valence-electron chi connectivity index (χ2n) is 30.6. The van der Waals surface area contributed by atoms with Gasteiger partial charge in [-0.2, -0.15) is 0 Å². The van der Waals surface area contributed by atoms with Gasteiger partial charge in [-0.15, -0.1) is 23.4 Å². The van der Waals surface area contributed by atoms with Crippen LogP contribution in [-0.4, -0.2) is 244 Å². The molecule has 0 unspecified atom stereocenters. The molecular weight excluding hydrogens is 1510 g/mol. The summed E-state index contributed by atoms with van der Waals surface area (Å²) in [7, 11) is 0. The molecule has 8 N–H and O–H groups in total. The lowest BCUT2D eigenvalue weighted by molar-refractivity contribution is -0.346. The van der Waals surface area contributed by atoms with Gasteiger partial charge in [-0.3, -0.25) is 38.4 Å².